The number of hydrogen-bond acceptors (Lipinski definition) is 5. The zero-order chi connectivity index (χ0) is 13.1. The van der Waals surface area contributed by atoms with Crippen molar-refractivity contribution in [2.45, 2.75) is 32.2 Å². The van der Waals surface area contributed by atoms with Crippen molar-refractivity contribution in [2.24, 2.45) is 0 Å². The minimum atomic E-state index is -0.166. The lowest BCUT2D eigenvalue weighted by Crippen LogP contribution is -2.25. The van der Waals surface area contributed by atoms with E-state index in [9.17, 15) is 4.79 Å². The Bertz CT molecular complexity index is 499. The van der Waals surface area contributed by atoms with Crippen LogP contribution in [0.4, 0.5) is 10.7 Å². The Morgan fingerprint density at radius 1 is 1.61 bits per heavy atom. The molecule has 0 radical (unpaired) electrons. The SMILES string of the molecule is CCCNc1sc(C(=O)NC2CC2)c(N)c1C#N. The van der Waals surface area contributed by atoms with Crippen molar-refractivity contribution in [3.05, 3.63) is 10.4 Å². The van der Waals surface area contributed by atoms with Crippen LogP contribution in [0.2, 0.25) is 0 Å². The van der Waals surface area contributed by atoms with E-state index >= 15 is 0 Å². The van der Waals surface area contributed by atoms with Gasteiger partial charge in [-0.15, -0.1) is 11.3 Å². The van der Waals surface area contributed by atoms with Crippen LogP contribution in [0, 0.1) is 11.3 Å². The lowest BCUT2D eigenvalue weighted by molar-refractivity contribution is 0.0956. The Labute approximate surface area is 110 Å². The fourth-order valence-electron chi connectivity index (χ4n) is 1.57. The van der Waals surface area contributed by atoms with Crippen molar-refractivity contribution in [3.63, 3.8) is 0 Å². The van der Waals surface area contributed by atoms with Crippen LogP contribution in [-0.4, -0.2) is 18.5 Å². The molecule has 0 aliphatic heterocycles. The van der Waals surface area contributed by atoms with Crippen LogP contribution in [0.1, 0.15) is 41.4 Å². The Balaban J connectivity index is 2.21. The molecular formula is C12H16N4OS. The summed E-state index contributed by atoms with van der Waals surface area (Å²) in [6.07, 6.45) is 3.01. The predicted molar refractivity (Wildman–Crippen MR) is 72.7 cm³/mol. The molecular weight excluding hydrogens is 248 g/mol. The van der Waals surface area contributed by atoms with Crippen molar-refractivity contribution in [2.75, 3.05) is 17.6 Å². The molecule has 1 aliphatic carbocycles. The number of nitrogens with one attached hydrogen (secondary N) is 2. The molecule has 4 N–H and O–H groups in total. The molecule has 1 amide bonds. The number of anilines is 2. The number of nitrogens with two attached hydrogens (primary N) is 1. The second-order valence-corrected chi connectivity index (χ2v) is 5.36. The van der Waals surface area contributed by atoms with E-state index < -0.39 is 0 Å². The first-order chi connectivity index (χ1) is 8.67. The highest BCUT2D eigenvalue weighted by Crippen LogP contribution is 2.35. The zero-order valence-corrected chi connectivity index (χ0v) is 11.1. The van der Waals surface area contributed by atoms with Gasteiger partial charge in [-0.05, 0) is 19.3 Å². The third-order valence-corrected chi connectivity index (χ3v) is 3.87. The van der Waals surface area contributed by atoms with E-state index in [0.717, 1.165) is 25.8 Å². The maximum absolute atomic E-state index is 12.0. The highest BCUT2D eigenvalue weighted by molar-refractivity contribution is 7.18. The topological polar surface area (TPSA) is 90.9 Å². The van der Waals surface area contributed by atoms with E-state index in [1.807, 2.05) is 6.92 Å². The first-order valence-electron chi connectivity index (χ1n) is 6.04. The molecule has 96 valence electrons. The van der Waals surface area contributed by atoms with Gasteiger partial charge in [0.25, 0.3) is 5.91 Å². The van der Waals surface area contributed by atoms with E-state index in [1.165, 1.54) is 11.3 Å². The number of hydrogen-bond donors (Lipinski definition) is 3. The number of carbonyl (C=O) groups excluding carboxylic acids is 1. The molecule has 0 atom stereocenters. The molecule has 0 saturated heterocycles. The maximum atomic E-state index is 12.0. The van der Waals surface area contributed by atoms with Crippen molar-refractivity contribution >= 4 is 27.9 Å². The normalized spacial score (nSPS) is 14.0. The van der Waals surface area contributed by atoms with Crippen molar-refractivity contribution < 1.29 is 4.79 Å². The van der Waals surface area contributed by atoms with Crippen molar-refractivity contribution in [1.82, 2.24) is 5.32 Å². The number of nitrogen functional groups attached to an aromatic ring is 1. The molecule has 1 fully saturated rings. The van der Waals surface area contributed by atoms with Crippen LogP contribution in [0.25, 0.3) is 0 Å². The van der Waals surface area contributed by atoms with Crippen molar-refractivity contribution in [3.8, 4) is 6.07 Å². The fourth-order valence-corrected chi connectivity index (χ4v) is 2.56. The molecule has 1 aromatic heterocycles. The van der Waals surface area contributed by atoms with Gasteiger partial charge in [0, 0.05) is 12.6 Å². The van der Waals surface area contributed by atoms with Gasteiger partial charge in [0.2, 0.25) is 0 Å². The molecule has 0 aromatic carbocycles. The molecule has 1 aromatic rings. The number of nitriles is 1. The number of rotatable bonds is 5. The fraction of sp³-hybridized carbons (Fsp3) is 0.500. The molecule has 1 saturated carbocycles. The molecule has 0 bridgehead atoms. The van der Waals surface area contributed by atoms with Gasteiger partial charge in [-0.25, -0.2) is 0 Å². The quantitative estimate of drug-likeness (QED) is 0.757. The Morgan fingerprint density at radius 2 is 2.33 bits per heavy atom. The predicted octanol–water partition coefficient (Wildman–Crippen LogP) is 1.92. The minimum absolute atomic E-state index is 0.166. The van der Waals surface area contributed by atoms with E-state index in [0.29, 0.717) is 21.1 Å². The average Bonchev–Trinajstić information content (AvgIpc) is 3.10. The smallest absolute Gasteiger partial charge is 0.263 e. The summed E-state index contributed by atoms with van der Waals surface area (Å²) >= 11 is 1.26. The van der Waals surface area contributed by atoms with E-state index in [1.54, 1.807) is 0 Å². The summed E-state index contributed by atoms with van der Waals surface area (Å²) < 4.78 is 0. The average molecular weight is 264 g/mol. The van der Waals surface area contributed by atoms with Gasteiger partial charge in [-0.2, -0.15) is 5.26 Å². The summed E-state index contributed by atoms with van der Waals surface area (Å²) in [5, 5.41) is 15.8. The van der Waals surface area contributed by atoms with E-state index in [4.69, 9.17) is 11.0 Å². The largest absolute Gasteiger partial charge is 0.396 e. The van der Waals surface area contributed by atoms with Gasteiger partial charge in [0.05, 0.1) is 5.69 Å². The summed E-state index contributed by atoms with van der Waals surface area (Å²) in [7, 11) is 0. The number of thiophene rings is 1. The summed E-state index contributed by atoms with van der Waals surface area (Å²) in [6.45, 7) is 2.80. The Hall–Kier alpha value is -1.74. The van der Waals surface area contributed by atoms with Crippen LogP contribution in [0.5, 0.6) is 0 Å². The highest BCUT2D eigenvalue weighted by atomic mass is 32.1. The first kappa shape index (κ1) is 12.7. The van der Waals surface area contributed by atoms with Gasteiger partial charge in [-0.1, -0.05) is 6.92 Å². The van der Waals surface area contributed by atoms with Crippen LogP contribution in [-0.2, 0) is 0 Å². The van der Waals surface area contributed by atoms with Gasteiger partial charge in [0.15, 0.2) is 0 Å². The summed E-state index contributed by atoms with van der Waals surface area (Å²) in [4.78, 5) is 12.4. The van der Waals surface area contributed by atoms with Crippen LogP contribution < -0.4 is 16.4 Å². The Kier molecular flexibility index (Phi) is 3.72. The monoisotopic (exact) mass is 264 g/mol. The van der Waals surface area contributed by atoms with Crippen LogP contribution >= 0.6 is 11.3 Å². The number of carbonyl (C=O) groups is 1. The van der Waals surface area contributed by atoms with Gasteiger partial charge < -0.3 is 16.4 Å². The summed E-state index contributed by atoms with van der Waals surface area (Å²) in [6, 6.07) is 2.35. The molecule has 5 nitrogen and oxygen atoms in total. The lowest BCUT2D eigenvalue weighted by Gasteiger charge is -2.00. The summed E-state index contributed by atoms with van der Waals surface area (Å²) in [5.41, 5.74) is 6.55. The number of nitrogens with zero attached hydrogens (tertiary/aromatic N) is 1. The van der Waals surface area contributed by atoms with Crippen LogP contribution in [0.3, 0.4) is 0 Å². The molecule has 1 aliphatic rings. The lowest BCUT2D eigenvalue weighted by atomic mass is 10.2. The van der Waals surface area contributed by atoms with Crippen LogP contribution in [0.15, 0.2) is 0 Å². The molecule has 0 spiro atoms. The second kappa shape index (κ2) is 5.27. The highest BCUT2D eigenvalue weighted by Gasteiger charge is 2.27. The molecule has 6 heteroatoms. The second-order valence-electron chi connectivity index (χ2n) is 4.34. The molecule has 2 rings (SSSR count). The third kappa shape index (κ3) is 2.57. The molecule has 0 unspecified atom stereocenters. The standard InChI is InChI=1S/C12H16N4OS/c1-2-5-15-12-8(6-13)9(14)10(18-12)11(17)16-7-3-4-7/h7,15H,2-5,14H2,1H3,(H,16,17). The van der Waals surface area contributed by atoms with E-state index in [2.05, 4.69) is 16.7 Å². The third-order valence-electron chi connectivity index (χ3n) is 2.71. The zero-order valence-electron chi connectivity index (χ0n) is 10.2. The molecule has 18 heavy (non-hydrogen) atoms. The summed E-state index contributed by atoms with van der Waals surface area (Å²) in [5.74, 6) is -0.166. The Morgan fingerprint density at radius 3 is 2.89 bits per heavy atom. The van der Waals surface area contributed by atoms with Gasteiger partial charge in [-0.3, -0.25) is 4.79 Å². The molecule has 1 heterocycles. The first-order valence-corrected chi connectivity index (χ1v) is 6.86. The maximum Gasteiger partial charge on any atom is 0.263 e. The van der Waals surface area contributed by atoms with Gasteiger partial charge in [0.1, 0.15) is 21.5 Å². The van der Waals surface area contributed by atoms with E-state index in [-0.39, 0.29) is 11.9 Å². The minimum Gasteiger partial charge on any atom is -0.396 e. The van der Waals surface area contributed by atoms with Gasteiger partial charge >= 0.3 is 0 Å². The van der Waals surface area contributed by atoms with Crippen molar-refractivity contribution in [1.29, 1.82) is 5.26 Å². The number of amides is 1.